The number of methoxy groups -OCH3 is 1. The largest absolute Gasteiger partial charge is 0.389 e. The Hall–Kier alpha value is -0.900. The van der Waals surface area contributed by atoms with Crippen LogP contribution in [0.15, 0.2) is 18.2 Å². The summed E-state index contributed by atoms with van der Waals surface area (Å²) in [7, 11) is 3.62. The number of rotatable bonds is 6. The van der Waals surface area contributed by atoms with E-state index in [2.05, 4.69) is 36.9 Å². The van der Waals surface area contributed by atoms with Gasteiger partial charge in [0, 0.05) is 20.2 Å². The fourth-order valence-electron chi connectivity index (χ4n) is 2.04. The SMILES string of the molecule is COC[C@@H](O)CN(C)Cc1c(C)cccc1C. The van der Waals surface area contributed by atoms with Crippen molar-refractivity contribution in [2.75, 3.05) is 27.3 Å². The quantitative estimate of drug-likeness (QED) is 0.818. The van der Waals surface area contributed by atoms with Gasteiger partial charge in [-0.15, -0.1) is 0 Å². The summed E-state index contributed by atoms with van der Waals surface area (Å²) in [5.41, 5.74) is 3.95. The van der Waals surface area contributed by atoms with Gasteiger partial charge < -0.3 is 9.84 Å². The molecule has 3 nitrogen and oxygen atoms in total. The van der Waals surface area contributed by atoms with E-state index in [1.165, 1.54) is 16.7 Å². The van der Waals surface area contributed by atoms with E-state index in [0.29, 0.717) is 13.2 Å². The number of aliphatic hydroxyl groups is 1. The summed E-state index contributed by atoms with van der Waals surface area (Å²) in [4.78, 5) is 2.12. The van der Waals surface area contributed by atoms with Crippen LogP contribution in [0.2, 0.25) is 0 Å². The molecule has 0 saturated carbocycles. The Balaban J connectivity index is 2.59. The predicted octanol–water partition coefficient (Wildman–Crippen LogP) is 1.74. The lowest BCUT2D eigenvalue weighted by molar-refractivity contribution is 0.0418. The van der Waals surface area contributed by atoms with Gasteiger partial charge in [-0.2, -0.15) is 0 Å². The molecule has 0 fully saturated rings. The molecule has 0 aliphatic heterocycles. The maximum absolute atomic E-state index is 9.67. The summed E-state index contributed by atoms with van der Waals surface area (Å²) in [5.74, 6) is 0. The van der Waals surface area contributed by atoms with Crippen LogP contribution in [0.3, 0.4) is 0 Å². The van der Waals surface area contributed by atoms with Gasteiger partial charge in [0.25, 0.3) is 0 Å². The first-order chi connectivity index (χ1) is 8.04. The molecule has 0 aromatic heterocycles. The number of hydrogen-bond donors (Lipinski definition) is 1. The van der Waals surface area contributed by atoms with E-state index >= 15 is 0 Å². The molecule has 0 bridgehead atoms. The second-order valence-electron chi connectivity index (χ2n) is 4.68. The number of aryl methyl sites for hydroxylation is 2. The highest BCUT2D eigenvalue weighted by Gasteiger charge is 2.10. The van der Waals surface area contributed by atoms with E-state index in [-0.39, 0.29) is 0 Å². The van der Waals surface area contributed by atoms with Crippen molar-refractivity contribution in [1.82, 2.24) is 4.90 Å². The number of aliphatic hydroxyl groups excluding tert-OH is 1. The molecule has 1 aromatic carbocycles. The minimum atomic E-state index is -0.422. The molecule has 0 heterocycles. The van der Waals surface area contributed by atoms with Crippen LogP contribution >= 0.6 is 0 Å². The average Bonchev–Trinajstić information content (AvgIpc) is 2.24. The second-order valence-corrected chi connectivity index (χ2v) is 4.68. The van der Waals surface area contributed by atoms with E-state index in [1.54, 1.807) is 7.11 Å². The summed E-state index contributed by atoms with van der Waals surface area (Å²) < 4.78 is 4.93. The van der Waals surface area contributed by atoms with E-state index < -0.39 is 6.10 Å². The summed E-state index contributed by atoms with van der Waals surface area (Å²) in [6.07, 6.45) is -0.422. The van der Waals surface area contributed by atoms with Gasteiger partial charge in [0.05, 0.1) is 12.7 Å². The number of likely N-dealkylation sites (N-methyl/N-ethyl adjacent to an activating group) is 1. The van der Waals surface area contributed by atoms with Crippen LogP contribution in [-0.4, -0.2) is 43.4 Å². The maximum Gasteiger partial charge on any atom is 0.0900 e. The topological polar surface area (TPSA) is 32.7 Å². The van der Waals surface area contributed by atoms with Gasteiger partial charge in [0.2, 0.25) is 0 Å². The normalized spacial score (nSPS) is 13.1. The van der Waals surface area contributed by atoms with Crippen molar-refractivity contribution in [3.8, 4) is 0 Å². The van der Waals surface area contributed by atoms with Crippen molar-refractivity contribution in [3.05, 3.63) is 34.9 Å². The Kier molecular flexibility index (Phi) is 5.62. The molecule has 0 aliphatic rings. The van der Waals surface area contributed by atoms with E-state index in [9.17, 15) is 5.11 Å². The van der Waals surface area contributed by atoms with Crippen molar-refractivity contribution < 1.29 is 9.84 Å². The molecule has 96 valence electrons. The van der Waals surface area contributed by atoms with Gasteiger partial charge in [-0.05, 0) is 37.6 Å². The first kappa shape index (κ1) is 14.2. The molecule has 0 spiro atoms. The zero-order valence-corrected chi connectivity index (χ0v) is 11.2. The molecule has 1 N–H and O–H groups in total. The number of ether oxygens (including phenoxy) is 1. The molecule has 17 heavy (non-hydrogen) atoms. The maximum atomic E-state index is 9.67. The van der Waals surface area contributed by atoms with Crippen molar-refractivity contribution in [1.29, 1.82) is 0 Å². The van der Waals surface area contributed by atoms with E-state index in [0.717, 1.165) is 6.54 Å². The van der Waals surface area contributed by atoms with Gasteiger partial charge in [-0.1, -0.05) is 18.2 Å². The zero-order valence-electron chi connectivity index (χ0n) is 11.2. The Labute approximate surface area is 104 Å². The summed E-state index contributed by atoms with van der Waals surface area (Å²) >= 11 is 0. The van der Waals surface area contributed by atoms with Crippen molar-refractivity contribution in [2.45, 2.75) is 26.5 Å². The third-order valence-electron chi connectivity index (χ3n) is 2.95. The van der Waals surface area contributed by atoms with Crippen LogP contribution in [0, 0.1) is 13.8 Å². The summed E-state index contributed by atoms with van der Waals surface area (Å²) in [6.45, 7) is 6.13. The minimum absolute atomic E-state index is 0.386. The van der Waals surface area contributed by atoms with Gasteiger partial charge in [0.15, 0.2) is 0 Å². The standard InChI is InChI=1S/C14H23NO2/c1-11-6-5-7-12(2)14(11)9-15(3)8-13(16)10-17-4/h5-7,13,16H,8-10H2,1-4H3/t13-/m0/s1. The molecule has 1 rings (SSSR count). The molecule has 1 atom stereocenters. The fourth-order valence-corrected chi connectivity index (χ4v) is 2.04. The first-order valence-electron chi connectivity index (χ1n) is 5.95. The molecule has 0 radical (unpaired) electrons. The van der Waals surface area contributed by atoms with Crippen LogP contribution in [0.25, 0.3) is 0 Å². The van der Waals surface area contributed by atoms with Gasteiger partial charge in [0.1, 0.15) is 0 Å². The number of nitrogens with zero attached hydrogens (tertiary/aromatic N) is 1. The van der Waals surface area contributed by atoms with Gasteiger partial charge in [-0.25, -0.2) is 0 Å². The minimum Gasteiger partial charge on any atom is -0.389 e. The molecule has 3 heteroatoms. The molecule has 0 unspecified atom stereocenters. The van der Waals surface area contributed by atoms with Crippen LogP contribution in [0.1, 0.15) is 16.7 Å². The number of benzene rings is 1. The Morgan fingerprint density at radius 1 is 1.29 bits per heavy atom. The van der Waals surface area contributed by atoms with Crippen LogP contribution in [-0.2, 0) is 11.3 Å². The molecule has 0 saturated heterocycles. The van der Waals surface area contributed by atoms with Crippen LogP contribution in [0.5, 0.6) is 0 Å². The molecule has 0 amide bonds. The van der Waals surface area contributed by atoms with E-state index in [1.807, 2.05) is 7.05 Å². The smallest absolute Gasteiger partial charge is 0.0900 e. The van der Waals surface area contributed by atoms with E-state index in [4.69, 9.17) is 4.74 Å². The number of hydrogen-bond acceptors (Lipinski definition) is 3. The monoisotopic (exact) mass is 237 g/mol. The zero-order chi connectivity index (χ0) is 12.8. The third kappa shape index (κ3) is 4.46. The first-order valence-corrected chi connectivity index (χ1v) is 5.95. The molecular formula is C14H23NO2. The van der Waals surface area contributed by atoms with Crippen LogP contribution < -0.4 is 0 Å². The molecular weight excluding hydrogens is 214 g/mol. The Bertz CT molecular complexity index is 332. The van der Waals surface area contributed by atoms with Crippen molar-refractivity contribution in [2.24, 2.45) is 0 Å². The third-order valence-corrected chi connectivity index (χ3v) is 2.95. The molecule has 0 aliphatic carbocycles. The van der Waals surface area contributed by atoms with Gasteiger partial charge in [-0.3, -0.25) is 4.90 Å². The van der Waals surface area contributed by atoms with Gasteiger partial charge >= 0.3 is 0 Å². The Morgan fingerprint density at radius 3 is 2.41 bits per heavy atom. The fraction of sp³-hybridized carbons (Fsp3) is 0.571. The predicted molar refractivity (Wildman–Crippen MR) is 70.1 cm³/mol. The lowest BCUT2D eigenvalue weighted by Crippen LogP contribution is -2.31. The van der Waals surface area contributed by atoms with Crippen molar-refractivity contribution >= 4 is 0 Å². The second kappa shape index (κ2) is 6.74. The Morgan fingerprint density at radius 2 is 1.88 bits per heavy atom. The highest BCUT2D eigenvalue weighted by Crippen LogP contribution is 2.15. The lowest BCUT2D eigenvalue weighted by Gasteiger charge is -2.22. The average molecular weight is 237 g/mol. The lowest BCUT2D eigenvalue weighted by atomic mass is 10.0. The summed E-state index contributed by atoms with van der Waals surface area (Å²) in [6, 6.07) is 6.33. The van der Waals surface area contributed by atoms with Crippen molar-refractivity contribution in [3.63, 3.8) is 0 Å². The highest BCUT2D eigenvalue weighted by atomic mass is 16.5. The highest BCUT2D eigenvalue weighted by molar-refractivity contribution is 5.33. The molecule has 1 aromatic rings. The summed E-state index contributed by atoms with van der Waals surface area (Å²) in [5, 5.41) is 9.67. The van der Waals surface area contributed by atoms with Crippen LogP contribution in [0.4, 0.5) is 0 Å².